The van der Waals surface area contributed by atoms with Gasteiger partial charge in [-0.1, -0.05) is 26.0 Å². The van der Waals surface area contributed by atoms with E-state index in [4.69, 9.17) is 5.73 Å². The third-order valence-electron chi connectivity index (χ3n) is 2.87. The maximum Gasteiger partial charge on any atom is 0.0343 e. The zero-order valence-electron chi connectivity index (χ0n) is 11.0. The Hall–Kier alpha value is -1.02. The van der Waals surface area contributed by atoms with Crippen molar-refractivity contribution in [3.05, 3.63) is 29.3 Å². The molecule has 0 atom stereocenters. The van der Waals surface area contributed by atoms with Gasteiger partial charge in [-0.15, -0.1) is 0 Å². The number of nitrogens with two attached hydrogens (primary N) is 1. The molecule has 0 bridgehead atoms. The molecule has 0 aromatic heterocycles. The van der Waals surface area contributed by atoms with Crippen LogP contribution in [0.1, 0.15) is 31.4 Å². The van der Waals surface area contributed by atoms with Crippen LogP contribution in [0.5, 0.6) is 0 Å². The lowest BCUT2D eigenvalue weighted by molar-refractivity contribution is 0.303. The fourth-order valence-corrected chi connectivity index (χ4v) is 1.71. The minimum absolute atomic E-state index is 0.774. The first-order valence-corrected chi connectivity index (χ1v) is 6.02. The van der Waals surface area contributed by atoms with Crippen LogP contribution < -0.4 is 5.73 Å². The van der Waals surface area contributed by atoms with E-state index in [-0.39, 0.29) is 0 Å². The van der Waals surface area contributed by atoms with Crippen LogP contribution in [-0.2, 0) is 6.54 Å². The second-order valence-electron chi connectivity index (χ2n) is 5.11. The second kappa shape index (κ2) is 5.90. The van der Waals surface area contributed by atoms with E-state index in [9.17, 15) is 0 Å². The SMILES string of the molecule is Cc1cc(CN(C)CCC(C)C)ccc1N. The van der Waals surface area contributed by atoms with Crippen LogP contribution in [-0.4, -0.2) is 18.5 Å². The molecular weight excluding hydrogens is 196 g/mol. The van der Waals surface area contributed by atoms with Gasteiger partial charge in [-0.25, -0.2) is 0 Å². The van der Waals surface area contributed by atoms with Crippen molar-refractivity contribution < 1.29 is 0 Å². The van der Waals surface area contributed by atoms with Gasteiger partial charge in [-0.2, -0.15) is 0 Å². The number of benzene rings is 1. The third kappa shape index (κ3) is 4.23. The third-order valence-corrected chi connectivity index (χ3v) is 2.87. The van der Waals surface area contributed by atoms with Crippen molar-refractivity contribution in [2.75, 3.05) is 19.3 Å². The largest absolute Gasteiger partial charge is 0.399 e. The van der Waals surface area contributed by atoms with Gasteiger partial charge in [0.1, 0.15) is 0 Å². The lowest BCUT2D eigenvalue weighted by atomic mass is 10.1. The van der Waals surface area contributed by atoms with Crippen LogP contribution in [0.4, 0.5) is 5.69 Å². The molecule has 0 heterocycles. The summed E-state index contributed by atoms with van der Waals surface area (Å²) >= 11 is 0. The van der Waals surface area contributed by atoms with E-state index in [0.29, 0.717) is 0 Å². The van der Waals surface area contributed by atoms with Crippen molar-refractivity contribution >= 4 is 5.69 Å². The number of nitrogens with zero attached hydrogens (tertiary/aromatic N) is 1. The Labute approximate surface area is 99.5 Å². The Bertz CT molecular complexity index is 332. The molecule has 0 saturated heterocycles. The molecule has 0 fully saturated rings. The number of rotatable bonds is 5. The summed E-state index contributed by atoms with van der Waals surface area (Å²) < 4.78 is 0. The van der Waals surface area contributed by atoms with Gasteiger partial charge >= 0.3 is 0 Å². The molecule has 0 unspecified atom stereocenters. The maximum atomic E-state index is 5.80. The quantitative estimate of drug-likeness (QED) is 0.773. The maximum absolute atomic E-state index is 5.80. The first kappa shape index (κ1) is 13.0. The van der Waals surface area contributed by atoms with E-state index in [2.05, 4.69) is 44.9 Å². The topological polar surface area (TPSA) is 29.3 Å². The van der Waals surface area contributed by atoms with E-state index in [0.717, 1.165) is 24.7 Å². The Morgan fingerprint density at radius 2 is 2.00 bits per heavy atom. The van der Waals surface area contributed by atoms with Crippen molar-refractivity contribution in [2.45, 2.75) is 33.7 Å². The monoisotopic (exact) mass is 220 g/mol. The molecule has 0 aliphatic heterocycles. The smallest absolute Gasteiger partial charge is 0.0343 e. The summed E-state index contributed by atoms with van der Waals surface area (Å²) in [5.41, 5.74) is 9.21. The Morgan fingerprint density at radius 3 is 2.56 bits per heavy atom. The van der Waals surface area contributed by atoms with Gasteiger partial charge < -0.3 is 10.6 Å². The molecule has 1 rings (SSSR count). The molecule has 0 spiro atoms. The number of nitrogen functional groups attached to an aromatic ring is 1. The summed E-state index contributed by atoms with van der Waals surface area (Å²) in [5.74, 6) is 0.774. The number of hydrogen-bond acceptors (Lipinski definition) is 2. The highest BCUT2D eigenvalue weighted by molar-refractivity contribution is 5.47. The molecule has 90 valence electrons. The van der Waals surface area contributed by atoms with E-state index < -0.39 is 0 Å². The molecule has 1 aromatic carbocycles. The molecule has 0 radical (unpaired) electrons. The molecule has 2 heteroatoms. The van der Waals surface area contributed by atoms with Gasteiger partial charge in [0.05, 0.1) is 0 Å². The number of hydrogen-bond donors (Lipinski definition) is 1. The van der Waals surface area contributed by atoms with Gasteiger partial charge in [0.2, 0.25) is 0 Å². The van der Waals surface area contributed by atoms with Crippen molar-refractivity contribution in [2.24, 2.45) is 5.92 Å². The van der Waals surface area contributed by atoms with Crippen molar-refractivity contribution in [3.63, 3.8) is 0 Å². The summed E-state index contributed by atoms with van der Waals surface area (Å²) in [6.07, 6.45) is 1.25. The van der Waals surface area contributed by atoms with Crippen molar-refractivity contribution in [3.8, 4) is 0 Å². The molecule has 0 aliphatic carbocycles. The van der Waals surface area contributed by atoms with Crippen LogP contribution in [0.3, 0.4) is 0 Å². The van der Waals surface area contributed by atoms with E-state index in [1.165, 1.54) is 17.5 Å². The summed E-state index contributed by atoms with van der Waals surface area (Å²) in [7, 11) is 2.17. The molecule has 0 saturated carbocycles. The molecule has 0 aliphatic rings. The standard InChI is InChI=1S/C14H24N2/c1-11(2)7-8-16(4)10-13-5-6-14(15)12(3)9-13/h5-6,9,11H,7-8,10,15H2,1-4H3. The van der Waals surface area contributed by atoms with Gasteiger partial charge in [-0.05, 0) is 50.0 Å². The molecule has 16 heavy (non-hydrogen) atoms. The van der Waals surface area contributed by atoms with Crippen LogP contribution in [0.2, 0.25) is 0 Å². The fraction of sp³-hybridized carbons (Fsp3) is 0.571. The van der Waals surface area contributed by atoms with Crippen LogP contribution in [0.15, 0.2) is 18.2 Å². The summed E-state index contributed by atoms with van der Waals surface area (Å²) in [4.78, 5) is 2.37. The van der Waals surface area contributed by atoms with Crippen LogP contribution >= 0.6 is 0 Å². The van der Waals surface area contributed by atoms with Crippen LogP contribution in [0.25, 0.3) is 0 Å². The highest BCUT2D eigenvalue weighted by Gasteiger charge is 2.03. The summed E-state index contributed by atoms with van der Waals surface area (Å²) in [5, 5.41) is 0. The van der Waals surface area contributed by atoms with Crippen LogP contribution in [0, 0.1) is 12.8 Å². The lowest BCUT2D eigenvalue weighted by Crippen LogP contribution is -2.20. The fourth-order valence-electron chi connectivity index (χ4n) is 1.71. The predicted octanol–water partition coefficient (Wildman–Crippen LogP) is 3.06. The van der Waals surface area contributed by atoms with Gasteiger partial charge in [0.15, 0.2) is 0 Å². The molecular formula is C14H24N2. The molecule has 2 nitrogen and oxygen atoms in total. The van der Waals surface area contributed by atoms with Crippen molar-refractivity contribution in [1.82, 2.24) is 4.90 Å². The van der Waals surface area contributed by atoms with Gasteiger partial charge in [-0.3, -0.25) is 0 Å². The highest BCUT2D eigenvalue weighted by Crippen LogP contribution is 2.14. The van der Waals surface area contributed by atoms with E-state index in [1.807, 2.05) is 6.07 Å². The average Bonchev–Trinajstić information content (AvgIpc) is 2.21. The van der Waals surface area contributed by atoms with E-state index >= 15 is 0 Å². The predicted molar refractivity (Wildman–Crippen MR) is 71.4 cm³/mol. The average molecular weight is 220 g/mol. The molecule has 0 amide bonds. The molecule has 1 aromatic rings. The zero-order valence-corrected chi connectivity index (χ0v) is 11.0. The van der Waals surface area contributed by atoms with Gasteiger partial charge in [0.25, 0.3) is 0 Å². The Kier molecular flexibility index (Phi) is 4.81. The van der Waals surface area contributed by atoms with Crippen molar-refractivity contribution in [1.29, 1.82) is 0 Å². The van der Waals surface area contributed by atoms with E-state index in [1.54, 1.807) is 0 Å². The number of aryl methyl sites for hydroxylation is 1. The lowest BCUT2D eigenvalue weighted by Gasteiger charge is -2.18. The normalized spacial score (nSPS) is 11.4. The summed E-state index contributed by atoms with van der Waals surface area (Å²) in [6.45, 7) is 8.75. The highest BCUT2D eigenvalue weighted by atomic mass is 15.1. The zero-order chi connectivity index (χ0) is 12.1. The van der Waals surface area contributed by atoms with Gasteiger partial charge in [0, 0.05) is 12.2 Å². The first-order chi connectivity index (χ1) is 7.49. The minimum Gasteiger partial charge on any atom is -0.399 e. The first-order valence-electron chi connectivity index (χ1n) is 6.02. The summed E-state index contributed by atoms with van der Waals surface area (Å²) in [6, 6.07) is 6.30. The molecule has 2 N–H and O–H groups in total. The number of anilines is 1. The minimum atomic E-state index is 0.774. The Balaban J connectivity index is 2.49. The second-order valence-corrected chi connectivity index (χ2v) is 5.11. The Morgan fingerprint density at radius 1 is 1.31 bits per heavy atom.